The third-order valence-electron chi connectivity index (χ3n) is 3.32. The Morgan fingerprint density at radius 2 is 2.00 bits per heavy atom. The highest BCUT2D eigenvalue weighted by Crippen LogP contribution is 2.16. The first-order valence-corrected chi connectivity index (χ1v) is 6.85. The molecule has 1 heterocycles. The van der Waals surface area contributed by atoms with Crippen LogP contribution in [0.2, 0.25) is 0 Å². The number of alkyl halides is 3. The molecule has 0 aromatic heterocycles. The van der Waals surface area contributed by atoms with Crippen molar-refractivity contribution in [3.8, 4) is 0 Å². The molecule has 0 saturated carbocycles. The van der Waals surface area contributed by atoms with Crippen LogP contribution in [0.15, 0.2) is 30.3 Å². The molecule has 2 rings (SSSR count). The van der Waals surface area contributed by atoms with Crippen LogP contribution in [0.4, 0.5) is 23.7 Å². The van der Waals surface area contributed by atoms with Gasteiger partial charge in [-0.2, -0.15) is 13.2 Å². The van der Waals surface area contributed by atoms with E-state index in [4.69, 9.17) is 0 Å². The molecule has 1 aromatic carbocycles. The number of hydrogen-bond acceptors (Lipinski definition) is 2. The molecule has 2 amide bonds. The third-order valence-corrected chi connectivity index (χ3v) is 3.32. The van der Waals surface area contributed by atoms with Crippen LogP contribution in [0, 0.1) is 0 Å². The predicted octanol–water partition coefficient (Wildman–Crippen LogP) is 2.83. The topological polar surface area (TPSA) is 44.4 Å². The molecule has 7 heteroatoms. The first-order chi connectivity index (χ1) is 9.94. The zero-order chi connectivity index (χ0) is 15.3. The van der Waals surface area contributed by atoms with E-state index in [1.165, 1.54) is 0 Å². The number of halogens is 3. The van der Waals surface area contributed by atoms with E-state index in [1.807, 2.05) is 6.07 Å². The van der Waals surface area contributed by atoms with Gasteiger partial charge in [0.2, 0.25) is 0 Å². The van der Waals surface area contributed by atoms with Gasteiger partial charge in [0, 0.05) is 24.8 Å². The van der Waals surface area contributed by atoms with Crippen LogP contribution in [-0.2, 0) is 0 Å². The summed E-state index contributed by atoms with van der Waals surface area (Å²) in [7, 11) is 0. The second-order valence-corrected chi connectivity index (χ2v) is 5.08. The number of anilines is 1. The van der Waals surface area contributed by atoms with Crippen molar-refractivity contribution in [1.82, 2.24) is 10.2 Å². The lowest BCUT2D eigenvalue weighted by Gasteiger charge is -2.33. The number of rotatable bonds is 3. The number of carbonyl (C=O) groups excluding carboxylic acids is 1. The van der Waals surface area contributed by atoms with Gasteiger partial charge in [-0.15, -0.1) is 0 Å². The van der Waals surface area contributed by atoms with E-state index in [0.717, 1.165) is 0 Å². The monoisotopic (exact) mass is 301 g/mol. The molecule has 0 radical (unpaired) electrons. The molecule has 0 bridgehead atoms. The molecule has 1 saturated heterocycles. The van der Waals surface area contributed by atoms with Gasteiger partial charge in [0.25, 0.3) is 0 Å². The summed E-state index contributed by atoms with van der Waals surface area (Å²) in [5, 5.41) is 5.21. The zero-order valence-electron chi connectivity index (χ0n) is 11.5. The van der Waals surface area contributed by atoms with Gasteiger partial charge in [0.05, 0.1) is 6.54 Å². The van der Waals surface area contributed by atoms with Crippen LogP contribution < -0.4 is 10.6 Å². The van der Waals surface area contributed by atoms with Crippen LogP contribution in [-0.4, -0.2) is 42.8 Å². The summed E-state index contributed by atoms with van der Waals surface area (Å²) < 4.78 is 36.6. The van der Waals surface area contributed by atoms with E-state index >= 15 is 0 Å². The number of hydrogen-bond donors (Lipinski definition) is 2. The Morgan fingerprint density at radius 3 is 2.67 bits per heavy atom. The van der Waals surface area contributed by atoms with Crippen molar-refractivity contribution in [2.75, 3.05) is 25.0 Å². The van der Waals surface area contributed by atoms with Gasteiger partial charge in [-0.05, 0) is 25.0 Å². The molecule has 21 heavy (non-hydrogen) atoms. The van der Waals surface area contributed by atoms with Crippen molar-refractivity contribution in [2.45, 2.75) is 25.1 Å². The van der Waals surface area contributed by atoms with Crippen molar-refractivity contribution in [3.63, 3.8) is 0 Å². The van der Waals surface area contributed by atoms with E-state index in [2.05, 4.69) is 10.6 Å². The molecular weight excluding hydrogens is 283 g/mol. The Kier molecular flexibility index (Phi) is 5.06. The Balaban J connectivity index is 1.84. The van der Waals surface area contributed by atoms with Gasteiger partial charge in [0.15, 0.2) is 0 Å². The summed E-state index contributed by atoms with van der Waals surface area (Å²) in [6.45, 7) is -0.177. The summed E-state index contributed by atoms with van der Waals surface area (Å²) in [4.78, 5) is 13.6. The van der Waals surface area contributed by atoms with Crippen molar-refractivity contribution in [3.05, 3.63) is 30.3 Å². The summed E-state index contributed by atoms with van der Waals surface area (Å²) >= 11 is 0. The maximum Gasteiger partial charge on any atom is 0.401 e. The van der Waals surface area contributed by atoms with Crippen LogP contribution >= 0.6 is 0 Å². The van der Waals surface area contributed by atoms with Crippen LogP contribution in [0.1, 0.15) is 12.8 Å². The van der Waals surface area contributed by atoms with Gasteiger partial charge in [-0.25, -0.2) is 4.79 Å². The average Bonchev–Trinajstić information content (AvgIpc) is 2.46. The second-order valence-electron chi connectivity index (χ2n) is 5.08. The van der Waals surface area contributed by atoms with Crippen molar-refractivity contribution < 1.29 is 18.0 Å². The van der Waals surface area contributed by atoms with Gasteiger partial charge in [0.1, 0.15) is 0 Å². The van der Waals surface area contributed by atoms with E-state index in [1.54, 1.807) is 29.2 Å². The smallest absolute Gasteiger partial charge is 0.323 e. The highest BCUT2D eigenvalue weighted by molar-refractivity contribution is 5.89. The summed E-state index contributed by atoms with van der Waals surface area (Å²) in [5.74, 6) is 0. The highest BCUT2D eigenvalue weighted by atomic mass is 19.4. The zero-order valence-corrected chi connectivity index (χ0v) is 11.5. The number of benzene rings is 1. The number of likely N-dealkylation sites (tertiary alicyclic amines) is 1. The fourth-order valence-corrected chi connectivity index (χ4v) is 2.31. The Labute approximate surface area is 121 Å². The molecule has 1 unspecified atom stereocenters. The number of amides is 2. The normalized spacial score (nSPS) is 19.4. The first-order valence-electron chi connectivity index (χ1n) is 6.85. The van der Waals surface area contributed by atoms with E-state index in [9.17, 15) is 18.0 Å². The minimum atomic E-state index is -4.23. The lowest BCUT2D eigenvalue weighted by atomic mass is 10.1. The lowest BCUT2D eigenvalue weighted by molar-refractivity contribution is -0.126. The quantitative estimate of drug-likeness (QED) is 0.901. The largest absolute Gasteiger partial charge is 0.401 e. The van der Waals surface area contributed by atoms with E-state index in [0.29, 0.717) is 25.1 Å². The highest BCUT2D eigenvalue weighted by Gasteiger charge is 2.30. The van der Waals surface area contributed by atoms with Gasteiger partial charge < -0.3 is 15.5 Å². The molecular formula is C14H18F3N3O. The Bertz CT molecular complexity index is 464. The molecule has 116 valence electrons. The minimum absolute atomic E-state index is 0.278. The van der Waals surface area contributed by atoms with Crippen molar-refractivity contribution >= 4 is 11.7 Å². The molecule has 0 aliphatic carbocycles. The predicted molar refractivity (Wildman–Crippen MR) is 74.1 cm³/mol. The number of nitrogens with one attached hydrogen (secondary N) is 2. The Hall–Kier alpha value is -1.76. The van der Waals surface area contributed by atoms with Gasteiger partial charge in [-0.1, -0.05) is 18.2 Å². The SMILES string of the molecule is O=C(Nc1ccccc1)N1CCCC(NCC(F)(F)F)C1. The molecule has 4 nitrogen and oxygen atoms in total. The summed E-state index contributed by atoms with van der Waals surface area (Å²) in [6, 6.07) is 8.39. The molecule has 1 aliphatic rings. The number of nitrogens with zero attached hydrogens (tertiary/aromatic N) is 1. The molecule has 0 spiro atoms. The van der Waals surface area contributed by atoms with Crippen molar-refractivity contribution in [2.24, 2.45) is 0 Å². The first kappa shape index (κ1) is 15.6. The molecule has 2 N–H and O–H groups in total. The maximum atomic E-state index is 12.2. The molecule has 1 aliphatic heterocycles. The number of piperidine rings is 1. The standard InChI is InChI=1S/C14H18F3N3O/c15-14(16,17)10-18-12-7-4-8-20(9-12)13(21)19-11-5-2-1-3-6-11/h1-3,5-6,12,18H,4,7-10H2,(H,19,21). The van der Waals surface area contributed by atoms with Crippen molar-refractivity contribution in [1.29, 1.82) is 0 Å². The molecule has 1 atom stereocenters. The fourth-order valence-electron chi connectivity index (χ4n) is 2.31. The van der Waals surface area contributed by atoms with Gasteiger partial charge >= 0.3 is 12.2 Å². The van der Waals surface area contributed by atoms with Gasteiger partial charge in [-0.3, -0.25) is 0 Å². The summed E-state index contributed by atoms with van der Waals surface area (Å²) in [5.41, 5.74) is 0.674. The van der Waals surface area contributed by atoms with Crippen LogP contribution in [0.5, 0.6) is 0 Å². The number of para-hydroxylation sites is 1. The molecule has 1 fully saturated rings. The average molecular weight is 301 g/mol. The Morgan fingerprint density at radius 1 is 1.29 bits per heavy atom. The van der Waals surface area contributed by atoms with Crippen LogP contribution in [0.25, 0.3) is 0 Å². The fraction of sp³-hybridized carbons (Fsp3) is 0.500. The summed E-state index contributed by atoms with van der Waals surface area (Å²) in [6.07, 6.45) is -2.89. The second kappa shape index (κ2) is 6.80. The lowest BCUT2D eigenvalue weighted by Crippen LogP contribution is -2.50. The molecule has 1 aromatic rings. The van der Waals surface area contributed by atoms with E-state index < -0.39 is 12.7 Å². The van der Waals surface area contributed by atoms with E-state index in [-0.39, 0.29) is 18.6 Å². The number of carbonyl (C=O) groups is 1. The minimum Gasteiger partial charge on any atom is -0.323 e. The van der Waals surface area contributed by atoms with Crippen LogP contribution in [0.3, 0.4) is 0 Å². The number of urea groups is 1. The maximum absolute atomic E-state index is 12.2. The third kappa shape index (κ3) is 5.26.